The number of anilines is 2. The third kappa shape index (κ3) is 5.43. The van der Waals surface area contributed by atoms with E-state index in [0.29, 0.717) is 12.5 Å². The molecule has 2 fully saturated rings. The molecule has 2 saturated heterocycles. The van der Waals surface area contributed by atoms with Crippen LogP contribution in [0.2, 0.25) is 0 Å². The summed E-state index contributed by atoms with van der Waals surface area (Å²) in [5.41, 5.74) is 8.13. The number of nitrogens with zero attached hydrogens (tertiary/aromatic N) is 8. The molecule has 4 heterocycles. The maximum atomic E-state index is 6.25. The Labute approximate surface area is 188 Å². The first-order chi connectivity index (χ1) is 13.7. The average Bonchev–Trinajstić information content (AvgIpc) is 3.27. The summed E-state index contributed by atoms with van der Waals surface area (Å²) in [6.45, 7) is 7.79. The Morgan fingerprint density at radius 2 is 1.62 bits per heavy atom. The number of halogens is 1. The Hall–Kier alpha value is -2.24. The molecule has 2 N–H and O–H groups in total. The predicted molar refractivity (Wildman–Crippen MR) is 125 cm³/mol. The van der Waals surface area contributed by atoms with Crippen LogP contribution in [0.15, 0.2) is 29.5 Å². The van der Waals surface area contributed by atoms with Crippen molar-refractivity contribution in [1.29, 1.82) is 0 Å². The minimum Gasteiger partial charge on any atom is -0.370 e. The summed E-state index contributed by atoms with van der Waals surface area (Å²) in [5.74, 6) is 2.15. The van der Waals surface area contributed by atoms with Gasteiger partial charge in [-0.15, -0.1) is 24.0 Å². The first-order valence-electron chi connectivity index (χ1n) is 9.85. The molecule has 0 amide bonds. The van der Waals surface area contributed by atoms with Gasteiger partial charge >= 0.3 is 0 Å². The minimum absolute atomic E-state index is 0. The van der Waals surface area contributed by atoms with Crippen LogP contribution in [-0.2, 0) is 6.54 Å². The second-order valence-electron chi connectivity index (χ2n) is 7.19. The van der Waals surface area contributed by atoms with Crippen molar-refractivity contribution in [3.05, 3.63) is 35.9 Å². The van der Waals surface area contributed by atoms with Gasteiger partial charge in [0.25, 0.3) is 0 Å². The fourth-order valence-electron chi connectivity index (χ4n) is 3.61. The summed E-state index contributed by atoms with van der Waals surface area (Å²) < 4.78 is 0. The van der Waals surface area contributed by atoms with E-state index in [1.807, 2.05) is 19.1 Å². The second kappa shape index (κ2) is 9.99. The first-order valence-corrected chi connectivity index (χ1v) is 9.85. The second-order valence-corrected chi connectivity index (χ2v) is 7.19. The molecule has 0 radical (unpaired) electrons. The molecule has 2 aromatic rings. The lowest BCUT2D eigenvalue weighted by Crippen LogP contribution is -2.51. The molecule has 156 valence electrons. The fraction of sp³-hybridized carbons (Fsp3) is 0.526. The van der Waals surface area contributed by atoms with Gasteiger partial charge in [-0.1, -0.05) is 0 Å². The van der Waals surface area contributed by atoms with Crippen molar-refractivity contribution >= 4 is 41.8 Å². The number of rotatable bonds is 4. The zero-order chi connectivity index (χ0) is 19.3. The zero-order valence-corrected chi connectivity index (χ0v) is 19.1. The van der Waals surface area contributed by atoms with E-state index in [0.717, 1.165) is 62.6 Å². The fourth-order valence-corrected chi connectivity index (χ4v) is 3.61. The lowest BCUT2D eigenvalue weighted by molar-refractivity contribution is 0.378. The van der Waals surface area contributed by atoms with E-state index in [9.17, 15) is 0 Å². The molecule has 0 bridgehead atoms. The topological polar surface area (TPSA) is 99.7 Å². The number of aromatic nitrogens is 4. The third-order valence-electron chi connectivity index (χ3n) is 5.13. The molecule has 0 unspecified atom stereocenters. The number of hydrogen-bond donors (Lipinski definition) is 1. The number of guanidine groups is 1. The van der Waals surface area contributed by atoms with Crippen molar-refractivity contribution in [2.75, 3.05) is 49.1 Å². The van der Waals surface area contributed by atoms with E-state index in [-0.39, 0.29) is 24.0 Å². The van der Waals surface area contributed by atoms with Gasteiger partial charge in [-0.2, -0.15) is 0 Å². The van der Waals surface area contributed by atoms with Crippen LogP contribution in [0, 0.1) is 6.92 Å². The molecule has 9 nitrogen and oxygen atoms in total. The molecule has 0 saturated carbocycles. The first kappa shape index (κ1) is 21.5. The van der Waals surface area contributed by atoms with E-state index in [1.165, 1.54) is 12.8 Å². The Bertz CT molecular complexity index is 816. The molecular weight excluding hydrogens is 481 g/mol. The molecule has 29 heavy (non-hydrogen) atoms. The minimum atomic E-state index is 0. The van der Waals surface area contributed by atoms with Crippen LogP contribution >= 0.6 is 24.0 Å². The molecule has 4 rings (SSSR count). The molecular formula is C19H28IN9. The summed E-state index contributed by atoms with van der Waals surface area (Å²) in [6.07, 6.45) is 5.95. The number of hydrogen-bond acceptors (Lipinski definition) is 7. The van der Waals surface area contributed by atoms with E-state index >= 15 is 0 Å². The number of aryl methyl sites for hydroxylation is 1. The summed E-state index contributed by atoms with van der Waals surface area (Å²) in [7, 11) is 0. The van der Waals surface area contributed by atoms with Crippen LogP contribution in [0.3, 0.4) is 0 Å². The molecule has 0 aromatic carbocycles. The lowest BCUT2D eigenvalue weighted by Gasteiger charge is -2.35. The highest BCUT2D eigenvalue weighted by Crippen LogP contribution is 2.17. The van der Waals surface area contributed by atoms with Crippen molar-refractivity contribution < 1.29 is 0 Å². The van der Waals surface area contributed by atoms with Crippen molar-refractivity contribution in [1.82, 2.24) is 24.8 Å². The quantitative estimate of drug-likeness (QED) is 0.376. The van der Waals surface area contributed by atoms with Crippen LogP contribution in [0.25, 0.3) is 0 Å². The molecule has 2 aromatic heterocycles. The van der Waals surface area contributed by atoms with Gasteiger partial charge in [0, 0.05) is 57.4 Å². The number of nitrogens with two attached hydrogens (primary N) is 1. The van der Waals surface area contributed by atoms with Gasteiger partial charge in [-0.25, -0.2) is 24.9 Å². The van der Waals surface area contributed by atoms with Gasteiger partial charge < -0.3 is 20.4 Å². The highest BCUT2D eigenvalue weighted by atomic mass is 127. The lowest BCUT2D eigenvalue weighted by atomic mass is 10.3. The van der Waals surface area contributed by atoms with Crippen molar-refractivity contribution in [3.8, 4) is 0 Å². The van der Waals surface area contributed by atoms with Crippen LogP contribution in [0.1, 0.15) is 24.2 Å². The molecule has 0 aliphatic carbocycles. The molecule has 0 spiro atoms. The van der Waals surface area contributed by atoms with Crippen molar-refractivity contribution in [2.45, 2.75) is 26.3 Å². The van der Waals surface area contributed by atoms with Gasteiger partial charge in [0.05, 0.1) is 12.2 Å². The Morgan fingerprint density at radius 3 is 2.31 bits per heavy atom. The third-order valence-corrected chi connectivity index (χ3v) is 5.13. The van der Waals surface area contributed by atoms with E-state index in [1.54, 1.807) is 12.4 Å². The maximum absolute atomic E-state index is 6.25. The smallest absolute Gasteiger partial charge is 0.225 e. The number of piperazine rings is 1. The number of aliphatic imine (C=N–C) groups is 1. The molecule has 10 heteroatoms. The summed E-state index contributed by atoms with van der Waals surface area (Å²) in [5, 5.41) is 0. The Balaban J connectivity index is 0.00000240. The van der Waals surface area contributed by atoms with Gasteiger partial charge in [0.15, 0.2) is 5.96 Å². The summed E-state index contributed by atoms with van der Waals surface area (Å²) >= 11 is 0. The molecule has 0 atom stereocenters. The van der Waals surface area contributed by atoms with E-state index in [2.05, 4.69) is 34.6 Å². The zero-order valence-electron chi connectivity index (χ0n) is 16.7. The standard InChI is InChI=1S/C19H27N9.HI/c1-15-13-16(25-19(24-15)27-7-2-3-8-27)14-23-17(20)26-9-11-28(12-10-26)18-21-5-4-6-22-18;/h4-6,13H,2-3,7-12,14H2,1H3,(H2,20,23);1H. The Kier molecular flexibility index (Phi) is 7.40. The molecule has 2 aliphatic rings. The van der Waals surface area contributed by atoms with Crippen LogP contribution < -0.4 is 15.5 Å². The van der Waals surface area contributed by atoms with E-state index < -0.39 is 0 Å². The SMILES string of the molecule is Cc1cc(CN=C(N)N2CCN(c3ncccn3)CC2)nc(N2CCCC2)n1.I. The monoisotopic (exact) mass is 509 g/mol. The highest BCUT2D eigenvalue weighted by molar-refractivity contribution is 14.0. The summed E-state index contributed by atoms with van der Waals surface area (Å²) in [4.78, 5) is 29.0. The van der Waals surface area contributed by atoms with Gasteiger partial charge in [-0.3, -0.25) is 0 Å². The summed E-state index contributed by atoms with van der Waals surface area (Å²) in [6, 6.07) is 3.81. The van der Waals surface area contributed by atoms with Crippen LogP contribution in [0.5, 0.6) is 0 Å². The largest absolute Gasteiger partial charge is 0.370 e. The Morgan fingerprint density at radius 1 is 0.966 bits per heavy atom. The van der Waals surface area contributed by atoms with Crippen LogP contribution in [0.4, 0.5) is 11.9 Å². The van der Waals surface area contributed by atoms with Crippen molar-refractivity contribution in [3.63, 3.8) is 0 Å². The molecule has 2 aliphatic heterocycles. The predicted octanol–water partition coefficient (Wildman–Crippen LogP) is 1.43. The average molecular weight is 509 g/mol. The van der Waals surface area contributed by atoms with E-state index in [4.69, 9.17) is 10.7 Å². The normalized spacial score (nSPS) is 17.4. The van der Waals surface area contributed by atoms with Gasteiger partial charge in [-0.05, 0) is 31.9 Å². The van der Waals surface area contributed by atoms with Crippen LogP contribution in [-0.4, -0.2) is 70.1 Å². The van der Waals surface area contributed by atoms with Crippen molar-refractivity contribution in [2.24, 2.45) is 10.7 Å². The highest BCUT2D eigenvalue weighted by Gasteiger charge is 2.20. The van der Waals surface area contributed by atoms with Gasteiger partial charge in [0.1, 0.15) is 0 Å². The maximum Gasteiger partial charge on any atom is 0.225 e. The van der Waals surface area contributed by atoms with Gasteiger partial charge in [0.2, 0.25) is 11.9 Å².